The van der Waals surface area contributed by atoms with Gasteiger partial charge in [-0.2, -0.15) is 0 Å². The molecule has 2 aromatic rings. The molecule has 1 aromatic heterocycles. The Morgan fingerprint density at radius 3 is 2.57 bits per heavy atom. The van der Waals surface area contributed by atoms with Gasteiger partial charge in [-0.05, 0) is 37.9 Å². The Morgan fingerprint density at radius 1 is 1.19 bits per heavy atom. The summed E-state index contributed by atoms with van der Waals surface area (Å²) in [6.07, 6.45) is 1.20. The Balaban J connectivity index is 2.32. The molecule has 3 heteroatoms. The van der Waals surface area contributed by atoms with Crippen molar-refractivity contribution in [2.24, 2.45) is 5.92 Å². The van der Waals surface area contributed by atoms with Crippen molar-refractivity contribution in [1.29, 1.82) is 0 Å². The van der Waals surface area contributed by atoms with Crippen LogP contribution in [0, 0.1) is 5.92 Å². The van der Waals surface area contributed by atoms with E-state index >= 15 is 0 Å². The number of nitrogens with one attached hydrogen (secondary N) is 1. The van der Waals surface area contributed by atoms with Crippen molar-refractivity contribution in [2.45, 2.75) is 46.3 Å². The molecule has 0 saturated carbocycles. The standard InChI is InChI=1S/C18H27NO2/c1-5-11-19-17(18(13(3)4)20-6-2)16-12-14-9-7-8-10-15(14)21-16/h7-10,12-13,17-19H,5-6,11H2,1-4H3. The van der Waals surface area contributed by atoms with E-state index < -0.39 is 0 Å². The summed E-state index contributed by atoms with van der Waals surface area (Å²) in [5.74, 6) is 1.39. The smallest absolute Gasteiger partial charge is 0.134 e. The molecule has 3 nitrogen and oxygen atoms in total. The number of furan rings is 1. The Bertz CT molecular complexity index is 514. The number of benzene rings is 1. The van der Waals surface area contributed by atoms with Crippen LogP contribution in [-0.2, 0) is 4.74 Å². The SMILES string of the molecule is CCCNC(c1cc2ccccc2o1)C(OCC)C(C)C. The molecular weight excluding hydrogens is 262 g/mol. The van der Waals surface area contributed by atoms with Gasteiger partial charge in [-0.15, -0.1) is 0 Å². The van der Waals surface area contributed by atoms with Gasteiger partial charge in [0.05, 0.1) is 12.1 Å². The number of para-hydroxylation sites is 1. The van der Waals surface area contributed by atoms with Crippen LogP contribution < -0.4 is 5.32 Å². The zero-order chi connectivity index (χ0) is 15.2. The first-order valence-corrected chi connectivity index (χ1v) is 8.00. The van der Waals surface area contributed by atoms with Crippen molar-refractivity contribution >= 4 is 11.0 Å². The van der Waals surface area contributed by atoms with Crippen LogP contribution in [0.2, 0.25) is 0 Å². The summed E-state index contributed by atoms with van der Waals surface area (Å²) < 4.78 is 12.1. The van der Waals surface area contributed by atoms with Crippen LogP contribution in [0.4, 0.5) is 0 Å². The van der Waals surface area contributed by atoms with Gasteiger partial charge in [-0.1, -0.05) is 39.0 Å². The third-order valence-corrected chi connectivity index (χ3v) is 3.71. The minimum absolute atomic E-state index is 0.0947. The molecule has 0 aliphatic carbocycles. The molecule has 2 unspecified atom stereocenters. The summed E-state index contributed by atoms with van der Waals surface area (Å²) in [5, 5.41) is 4.74. The van der Waals surface area contributed by atoms with Gasteiger partial charge >= 0.3 is 0 Å². The fraction of sp³-hybridized carbons (Fsp3) is 0.556. The molecule has 2 atom stereocenters. The van der Waals surface area contributed by atoms with Gasteiger partial charge in [0, 0.05) is 12.0 Å². The lowest BCUT2D eigenvalue weighted by atomic mass is 9.97. The molecule has 0 bridgehead atoms. The summed E-state index contributed by atoms with van der Waals surface area (Å²) >= 11 is 0. The zero-order valence-electron chi connectivity index (χ0n) is 13.6. The van der Waals surface area contributed by atoms with Crippen molar-refractivity contribution in [3.8, 4) is 0 Å². The number of ether oxygens (including phenoxy) is 1. The van der Waals surface area contributed by atoms with Crippen LogP contribution in [0.5, 0.6) is 0 Å². The maximum atomic E-state index is 6.06. The van der Waals surface area contributed by atoms with E-state index in [1.807, 2.05) is 25.1 Å². The average Bonchev–Trinajstić information content (AvgIpc) is 2.90. The molecule has 0 amide bonds. The average molecular weight is 289 g/mol. The molecule has 1 aromatic carbocycles. The van der Waals surface area contributed by atoms with Gasteiger partial charge in [0.2, 0.25) is 0 Å². The van der Waals surface area contributed by atoms with Crippen molar-refractivity contribution < 1.29 is 9.15 Å². The van der Waals surface area contributed by atoms with E-state index in [-0.39, 0.29) is 12.1 Å². The molecule has 0 fully saturated rings. The van der Waals surface area contributed by atoms with E-state index in [9.17, 15) is 0 Å². The lowest BCUT2D eigenvalue weighted by molar-refractivity contribution is -0.00185. The van der Waals surface area contributed by atoms with Crippen molar-refractivity contribution in [1.82, 2.24) is 5.32 Å². The molecule has 0 spiro atoms. The second kappa shape index (κ2) is 7.62. The monoisotopic (exact) mass is 289 g/mol. The predicted octanol–water partition coefficient (Wildman–Crippen LogP) is 4.53. The fourth-order valence-corrected chi connectivity index (χ4v) is 2.70. The normalized spacial score (nSPS) is 14.7. The second-order valence-electron chi connectivity index (χ2n) is 5.78. The number of fused-ring (bicyclic) bond motifs is 1. The van der Waals surface area contributed by atoms with Gasteiger partial charge in [-0.3, -0.25) is 0 Å². The van der Waals surface area contributed by atoms with Crippen molar-refractivity contribution in [3.63, 3.8) is 0 Å². The first-order chi connectivity index (χ1) is 10.2. The molecule has 116 valence electrons. The molecule has 0 radical (unpaired) electrons. The van der Waals surface area contributed by atoms with E-state index in [2.05, 4.69) is 38.2 Å². The predicted molar refractivity (Wildman–Crippen MR) is 87.5 cm³/mol. The lowest BCUT2D eigenvalue weighted by Crippen LogP contribution is -2.37. The third kappa shape index (κ3) is 3.86. The van der Waals surface area contributed by atoms with E-state index in [4.69, 9.17) is 9.15 Å². The summed E-state index contributed by atoms with van der Waals surface area (Å²) in [4.78, 5) is 0. The molecule has 0 saturated heterocycles. The van der Waals surface area contributed by atoms with Gasteiger partial charge in [-0.25, -0.2) is 0 Å². The largest absolute Gasteiger partial charge is 0.459 e. The summed E-state index contributed by atoms with van der Waals surface area (Å²) in [5.41, 5.74) is 0.940. The lowest BCUT2D eigenvalue weighted by Gasteiger charge is -2.29. The van der Waals surface area contributed by atoms with Crippen LogP contribution in [0.3, 0.4) is 0 Å². The molecule has 1 heterocycles. The summed E-state index contributed by atoms with van der Waals surface area (Å²) in [6, 6.07) is 10.4. The van der Waals surface area contributed by atoms with Crippen LogP contribution >= 0.6 is 0 Å². The Morgan fingerprint density at radius 2 is 1.95 bits per heavy atom. The number of rotatable bonds is 8. The molecule has 21 heavy (non-hydrogen) atoms. The Labute approximate surface area is 127 Å². The molecular formula is C18H27NO2. The van der Waals surface area contributed by atoms with Crippen LogP contribution in [0.15, 0.2) is 34.7 Å². The Kier molecular flexibility index (Phi) is 5.83. The third-order valence-electron chi connectivity index (χ3n) is 3.71. The quantitative estimate of drug-likeness (QED) is 0.775. The Hall–Kier alpha value is -1.32. The molecule has 0 aliphatic heterocycles. The fourth-order valence-electron chi connectivity index (χ4n) is 2.70. The van der Waals surface area contributed by atoms with Gasteiger partial charge < -0.3 is 14.5 Å². The van der Waals surface area contributed by atoms with E-state index in [0.29, 0.717) is 12.5 Å². The number of hydrogen-bond acceptors (Lipinski definition) is 3. The van der Waals surface area contributed by atoms with Crippen molar-refractivity contribution in [3.05, 3.63) is 36.1 Å². The zero-order valence-corrected chi connectivity index (χ0v) is 13.6. The molecule has 2 rings (SSSR count). The second-order valence-corrected chi connectivity index (χ2v) is 5.78. The van der Waals surface area contributed by atoms with Crippen LogP contribution in [0.25, 0.3) is 11.0 Å². The highest BCUT2D eigenvalue weighted by Crippen LogP contribution is 2.29. The topological polar surface area (TPSA) is 34.4 Å². The molecule has 1 N–H and O–H groups in total. The summed E-state index contributed by atoms with van der Waals surface area (Å²) in [7, 11) is 0. The maximum Gasteiger partial charge on any atom is 0.134 e. The highest BCUT2D eigenvalue weighted by Gasteiger charge is 2.28. The highest BCUT2D eigenvalue weighted by molar-refractivity contribution is 5.77. The highest BCUT2D eigenvalue weighted by atomic mass is 16.5. The number of hydrogen-bond donors (Lipinski definition) is 1. The van der Waals surface area contributed by atoms with Crippen molar-refractivity contribution in [2.75, 3.05) is 13.2 Å². The first-order valence-electron chi connectivity index (χ1n) is 8.00. The van der Waals surface area contributed by atoms with E-state index in [1.165, 1.54) is 0 Å². The summed E-state index contributed by atoms with van der Waals surface area (Å²) in [6.45, 7) is 10.3. The molecule has 0 aliphatic rings. The van der Waals surface area contributed by atoms with E-state index in [1.54, 1.807) is 0 Å². The van der Waals surface area contributed by atoms with Gasteiger partial charge in [0.1, 0.15) is 11.3 Å². The minimum atomic E-state index is 0.0947. The van der Waals surface area contributed by atoms with Gasteiger partial charge in [0.25, 0.3) is 0 Å². The first kappa shape index (κ1) is 16.1. The van der Waals surface area contributed by atoms with Crippen LogP contribution in [0.1, 0.15) is 45.9 Å². The van der Waals surface area contributed by atoms with E-state index in [0.717, 1.165) is 29.7 Å². The minimum Gasteiger partial charge on any atom is -0.459 e. The maximum absolute atomic E-state index is 6.06. The van der Waals surface area contributed by atoms with Crippen LogP contribution in [-0.4, -0.2) is 19.3 Å². The van der Waals surface area contributed by atoms with Gasteiger partial charge in [0.15, 0.2) is 0 Å².